The second kappa shape index (κ2) is 2.98. The van der Waals surface area contributed by atoms with E-state index in [0.717, 1.165) is 4.57 Å². The number of aromatic nitrogens is 4. The lowest BCUT2D eigenvalue weighted by Gasteiger charge is -2.04. The predicted molar refractivity (Wildman–Crippen MR) is 51.5 cm³/mol. The first-order valence-electron chi connectivity index (χ1n) is 3.93. The lowest BCUT2D eigenvalue weighted by molar-refractivity contribution is 0.655. The number of H-pyrrole nitrogens is 2. The zero-order valence-electron chi connectivity index (χ0n) is 7.24. The number of imidazole rings is 1. The number of hydrogen-bond donors (Lipinski definition) is 2. The molecule has 0 saturated heterocycles. The first-order chi connectivity index (χ1) is 6.61. The van der Waals surface area contributed by atoms with Crippen LogP contribution in [0.4, 0.5) is 0 Å². The van der Waals surface area contributed by atoms with Gasteiger partial charge in [-0.2, -0.15) is 0 Å². The van der Waals surface area contributed by atoms with Crippen LogP contribution in [0.3, 0.4) is 0 Å². The molecule has 7 heteroatoms. The average molecular weight is 215 g/mol. The van der Waals surface area contributed by atoms with E-state index in [0.29, 0.717) is 0 Å². The molecule has 0 radical (unpaired) electrons. The normalized spacial score (nSPS) is 13.3. The van der Waals surface area contributed by atoms with Crippen molar-refractivity contribution in [3.8, 4) is 0 Å². The van der Waals surface area contributed by atoms with Gasteiger partial charge in [-0.05, 0) is 6.92 Å². The summed E-state index contributed by atoms with van der Waals surface area (Å²) < 4.78 is 0.919. The van der Waals surface area contributed by atoms with Gasteiger partial charge in [-0.1, -0.05) is 11.6 Å². The summed E-state index contributed by atoms with van der Waals surface area (Å²) in [5.74, 6) is 0. The first-order valence-corrected chi connectivity index (χ1v) is 4.37. The Morgan fingerprint density at radius 2 is 2.29 bits per heavy atom. The van der Waals surface area contributed by atoms with Crippen molar-refractivity contribution in [1.82, 2.24) is 19.5 Å². The molecule has 0 spiro atoms. The van der Waals surface area contributed by atoms with E-state index < -0.39 is 16.8 Å². The maximum absolute atomic E-state index is 11.6. The summed E-state index contributed by atoms with van der Waals surface area (Å²) in [6, 6.07) is 0. The van der Waals surface area contributed by atoms with Crippen molar-refractivity contribution >= 4 is 22.8 Å². The number of rotatable bonds is 1. The van der Waals surface area contributed by atoms with Crippen molar-refractivity contribution in [3.05, 3.63) is 27.2 Å². The van der Waals surface area contributed by atoms with Crippen LogP contribution in [-0.2, 0) is 0 Å². The smallest absolute Gasteiger partial charge is 0.331 e. The molecule has 0 aliphatic rings. The number of fused-ring (bicyclic) bond motifs is 1. The van der Waals surface area contributed by atoms with Gasteiger partial charge in [-0.15, -0.1) is 0 Å². The number of halogens is 1. The largest absolute Gasteiger partial charge is 0.339 e. The van der Waals surface area contributed by atoms with Crippen LogP contribution in [0.1, 0.15) is 12.4 Å². The zero-order chi connectivity index (χ0) is 10.3. The fraction of sp³-hybridized carbons (Fsp3) is 0.286. The minimum absolute atomic E-state index is 0.244. The summed E-state index contributed by atoms with van der Waals surface area (Å²) in [6.45, 7) is 1.54. The summed E-state index contributed by atoms with van der Waals surface area (Å²) in [4.78, 5) is 31.9. The van der Waals surface area contributed by atoms with Gasteiger partial charge in [0.25, 0.3) is 5.56 Å². The van der Waals surface area contributed by atoms with Crippen LogP contribution >= 0.6 is 11.6 Å². The van der Waals surface area contributed by atoms with Gasteiger partial charge in [-0.25, -0.2) is 14.3 Å². The highest BCUT2D eigenvalue weighted by Gasteiger charge is 2.12. The molecule has 0 saturated carbocycles. The maximum Gasteiger partial charge on any atom is 0.331 e. The second-order valence-electron chi connectivity index (χ2n) is 2.81. The van der Waals surface area contributed by atoms with E-state index in [4.69, 9.17) is 11.6 Å². The lowest BCUT2D eigenvalue weighted by Crippen LogP contribution is -2.35. The van der Waals surface area contributed by atoms with Crippen LogP contribution in [0.25, 0.3) is 11.2 Å². The Labute approximate surface area is 82.5 Å². The van der Waals surface area contributed by atoms with Gasteiger partial charge in [0, 0.05) is 0 Å². The molecule has 0 bridgehead atoms. The second-order valence-corrected chi connectivity index (χ2v) is 3.44. The molecule has 74 valence electrons. The van der Waals surface area contributed by atoms with E-state index in [9.17, 15) is 9.59 Å². The van der Waals surface area contributed by atoms with Gasteiger partial charge in [0.05, 0.1) is 6.33 Å². The molecule has 0 aliphatic carbocycles. The Morgan fingerprint density at radius 3 is 2.93 bits per heavy atom. The van der Waals surface area contributed by atoms with Crippen molar-refractivity contribution in [3.63, 3.8) is 0 Å². The van der Waals surface area contributed by atoms with Crippen LogP contribution in [0.5, 0.6) is 0 Å². The summed E-state index contributed by atoms with van der Waals surface area (Å²) >= 11 is 5.69. The lowest BCUT2D eigenvalue weighted by atomic mass is 10.5. The van der Waals surface area contributed by atoms with Crippen molar-refractivity contribution in [1.29, 1.82) is 0 Å². The quantitative estimate of drug-likeness (QED) is 0.664. The van der Waals surface area contributed by atoms with Crippen LogP contribution in [0.2, 0.25) is 0 Å². The molecule has 0 amide bonds. The van der Waals surface area contributed by atoms with Crippen LogP contribution in [0.15, 0.2) is 15.9 Å². The number of alkyl halides is 1. The number of nitrogens with one attached hydrogen (secondary N) is 2. The van der Waals surface area contributed by atoms with Gasteiger partial charge >= 0.3 is 5.69 Å². The highest BCUT2D eigenvalue weighted by molar-refractivity contribution is 6.18. The summed E-state index contributed by atoms with van der Waals surface area (Å²) in [5.41, 5.74) is -1.23. The molecule has 2 heterocycles. The summed E-state index contributed by atoms with van der Waals surface area (Å²) in [7, 11) is 0. The zero-order valence-corrected chi connectivity index (χ0v) is 8.00. The number of aromatic amines is 2. The Kier molecular flexibility index (Phi) is 1.92. The van der Waals surface area contributed by atoms with Crippen molar-refractivity contribution < 1.29 is 0 Å². The monoisotopic (exact) mass is 214 g/mol. The van der Waals surface area contributed by atoms with Gasteiger partial charge in [0.15, 0.2) is 5.65 Å². The molecular weight excluding hydrogens is 208 g/mol. The fourth-order valence-corrected chi connectivity index (χ4v) is 1.43. The number of hydrogen-bond acceptors (Lipinski definition) is 3. The first kappa shape index (κ1) is 9.01. The highest BCUT2D eigenvalue weighted by Crippen LogP contribution is 2.05. The fourth-order valence-electron chi connectivity index (χ4n) is 1.25. The van der Waals surface area contributed by atoms with E-state index in [-0.39, 0.29) is 11.2 Å². The van der Waals surface area contributed by atoms with E-state index >= 15 is 0 Å². The third-order valence-corrected chi connectivity index (χ3v) is 2.07. The molecule has 0 aliphatic heterocycles. The molecule has 2 aromatic heterocycles. The Balaban J connectivity index is 2.97. The minimum Gasteiger partial charge on any atom is -0.339 e. The standard InChI is InChI=1S/C7H7ClN4O2/c1-3(8)12-6(13)4-5(10-2-9-4)11-7(12)14/h2-3H,1H3,(H,9,10)(H,11,14). The third-order valence-electron chi connectivity index (χ3n) is 1.87. The van der Waals surface area contributed by atoms with Gasteiger partial charge < -0.3 is 4.98 Å². The van der Waals surface area contributed by atoms with E-state index in [1.165, 1.54) is 6.33 Å². The summed E-state index contributed by atoms with van der Waals surface area (Å²) in [6.07, 6.45) is 1.34. The SMILES string of the molecule is CC(Cl)n1c(=O)[nH]c2nc[nH]c2c1=O. The van der Waals surface area contributed by atoms with Crippen molar-refractivity contribution in [2.75, 3.05) is 0 Å². The van der Waals surface area contributed by atoms with Crippen molar-refractivity contribution in [2.24, 2.45) is 0 Å². The van der Waals surface area contributed by atoms with Crippen LogP contribution < -0.4 is 11.2 Å². The molecule has 1 unspecified atom stereocenters. The molecule has 2 N–H and O–H groups in total. The molecule has 2 aromatic rings. The van der Waals surface area contributed by atoms with Gasteiger partial charge in [0.2, 0.25) is 0 Å². The highest BCUT2D eigenvalue weighted by atomic mass is 35.5. The molecule has 0 fully saturated rings. The predicted octanol–water partition coefficient (Wildman–Crippen LogP) is 0.170. The van der Waals surface area contributed by atoms with E-state index in [1.54, 1.807) is 6.92 Å². The summed E-state index contributed by atoms with van der Waals surface area (Å²) in [5, 5.41) is 0. The Hall–Kier alpha value is -1.56. The third kappa shape index (κ3) is 1.15. The van der Waals surface area contributed by atoms with Gasteiger partial charge in [-0.3, -0.25) is 9.78 Å². The van der Waals surface area contributed by atoms with Crippen molar-refractivity contribution in [2.45, 2.75) is 12.4 Å². The Morgan fingerprint density at radius 1 is 1.57 bits per heavy atom. The molecule has 2 rings (SSSR count). The topological polar surface area (TPSA) is 83.5 Å². The Bertz CT molecular complexity index is 579. The average Bonchev–Trinajstić information content (AvgIpc) is 2.50. The maximum atomic E-state index is 11.6. The van der Waals surface area contributed by atoms with Crippen LogP contribution in [0, 0.1) is 0 Å². The van der Waals surface area contributed by atoms with Gasteiger partial charge in [0.1, 0.15) is 11.0 Å². The van der Waals surface area contributed by atoms with Crippen LogP contribution in [-0.4, -0.2) is 19.5 Å². The minimum atomic E-state index is -0.695. The molecule has 6 nitrogen and oxygen atoms in total. The molecule has 14 heavy (non-hydrogen) atoms. The number of nitrogens with zero attached hydrogens (tertiary/aromatic N) is 2. The van der Waals surface area contributed by atoms with E-state index in [1.807, 2.05) is 0 Å². The molecule has 0 aromatic carbocycles. The molecular formula is C7H7ClN4O2. The van der Waals surface area contributed by atoms with E-state index in [2.05, 4.69) is 15.0 Å². The molecule has 1 atom stereocenters.